The Morgan fingerprint density at radius 3 is 2.28 bits per heavy atom. The highest BCUT2D eigenvalue weighted by Gasteiger charge is 2.31. The number of nitrogens with one attached hydrogen (secondary N) is 1. The Morgan fingerprint density at radius 1 is 1.22 bits per heavy atom. The number of amides is 1. The lowest BCUT2D eigenvalue weighted by atomic mass is 10.0. The molecule has 1 aromatic carbocycles. The summed E-state index contributed by atoms with van der Waals surface area (Å²) in [6.07, 6.45) is 0. The third kappa shape index (κ3) is 2.89. The predicted octanol–water partition coefficient (Wildman–Crippen LogP) is -1.58. The summed E-state index contributed by atoms with van der Waals surface area (Å²) in [6, 6.07) is 3.92. The van der Waals surface area contributed by atoms with E-state index in [2.05, 4.69) is 5.32 Å². The van der Waals surface area contributed by atoms with Crippen molar-refractivity contribution in [2.24, 2.45) is 0 Å². The second-order valence-corrected chi connectivity index (χ2v) is 3.99. The van der Waals surface area contributed by atoms with Crippen molar-refractivity contribution in [2.45, 2.75) is 5.54 Å². The molecule has 1 amide bonds. The Bertz CT molecular complexity index is 423. The Balaban J connectivity index is 2.97. The maximum absolute atomic E-state index is 11.9. The number of nitrogens with two attached hydrogens (primary N) is 1. The second kappa shape index (κ2) is 5.67. The summed E-state index contributed by atoms with van der Waals surface area (Å²) >= 11 is 0. The van der Waals surface area contributed by atoms with Crippen LogP contribution >= 0.6 is 0 Å². The lowest BCUT2D eigenvalue weighted by molar-refractivity contribution is 0.0374. The Morgan fingerprint density at radius 2 is 1.78 bits per heavy atom. The van der Waals surface area contributed by atoms with Gasteiger partial charge in [0.25, 0.3) is 5.91 Å². The van der Waals surface area contributed by atoms with Crippen LogP contribution in [0.2, 0.25) is 0 Å². The number of rotatable bonds is 5. The normalized spacial score (nSPS) is 11.3. The van der Waals surface area contributed by atoms with Crippen molar-refractivity contribution in [3.63, 3.8) is 0 Å². The number of nitrogen functional groups attached to an aromatic ring is 1. The van der Waals surface area contributed by atoms with Gasteiger partial charge in [-0.25, -0.2) is 0 Å². The van der Waals surface area contributed by atoms with E-state index in [1.54, 1.807) is 0 Å². The van der Waals surface area contributed by atoms with Gasteiger partial charge < -0.3 is 31.5 Å². The summed E-state index contributed by atoms with van der Waals surface area (Å²) in [6.45, 7) is -1.93. The molecule has 0 aromatic heterocycles. The first-order valence-corrected chi connectivity index (χ1v) is 5.21. The van der Waals surface area contributed by atoms with Crippen LogP contribution in [0.3, 0.4) is 0 Å². The molecule has 1 aromatic rings. The first-order chi connectivity index (χ1) is 8.48. The van der Waals surface area contributed by atoms with Gasteiger partial charge in [0, 0.05) is 5.69 Å². The topological polar surface area (TPSA) is 136 Å². The van der Waals surface area contributed by atoms with Crippen LogP contribution < -0.4 is 11.1 Å². The smallest absolute Gasteiger partial charge is 0.255 e. The van der Waals surface area contributed by atoms with Crippen LogP contribution in [0.5, 0.6) is 5.75 Å². The predicted molar refractivity (Wildman–Crippen MR) is 64.0 cm³/mol. The van der Waals surface area contributed by atoms with E-state index < -0.39 is 31.3 Å². The molecule has 0 saturated heterocycles. The number of aliphatic hydroxyl groups excluding tert-OH is 3. The summed E-state index contributed by atoms with van der Waals surface area (Å²) in [4.78, 5) is 11.9. The Labute approximate surface area is 103 Å². The van der Waals surface area contributed by atoms with E-state index in [4.69, 9.17) is 21.1 Å². The summed E-state index contributed by atoms with van der Waals surface area (Å²) < 4.78 is 0. The zero-order chi connectivity index (χ0) is 13.8. The molecule has 0 unspecified atom stereocenters. The third-order valence-electron chi connectivity index (χ3n) is 2.55. The monoisotopic (exact) mass is 256 g/mol. The molecule has 0 saturated carbocycles. The minimum atomic E-state index is -1.55. The number of phenols is 1. The highest BCUT2D eigenvalue weighted by atomic mass is 16.3. The van der Waals surface area contributed by atoms with Gasteiger partial charge in [-0.3, -0.25) is 4.79 Å². The van der Waals surface area contributed by atoms with E-state index in [0.29, 0.717) is 0 Å². The van der Waals surface area contributed by atoms with Crippen molar-refractivity contribution in [3.05, 3.63) is 23.8 Å². The van der Waals surface area contributed by atoms with Gasteiger partial charge in [-0.05, 0) is 18.2 Å². The van der Waals surface area contributed by atoms with Crippen LogP contribution in [0, 0.1) is 0 Å². The molecule has 0 spiro atoms. The number of carbonyl (C=O) groups excluding carboxylic acids is 1. The number of phenolic OH excluding ortho intramolecular Hbond substituents is 1. The van der Waals surface area contributed by atoms with E-state index in [-0.39, 0.29) is 17.0 Å². The standard InChI is InChI=1S/C11H16N2O5/c12-7-1-2-9(17)8(3-7)10(18)13-11(4-14,5-15)6-16/h1-3,14-17H,4-6,12H2,(H,13,18). The van der Waals surface area contributed by atoms with Crippen molar-refractivity contribution >= 4 is 11.6 Å². The van der Waals surface area contributed by atoms with Crippen LogP contribution in [-0.2, 0) is 0 Å². The number of aliphatic hydroxyl groups is 3. The molecule has 7 heteroatoms. The second-order valence-electron chi connectivity index (χ2n) is 3.99. The first-order valence-electron chi connectivity index (χ1n) is 5.21. The van der Waals surface area contributed by atoms with Gasteiger partial charge >= 0.3 is 0 Å². The van der Waals surface area contributed by atoms with Gasteiger partial charge in [0.15, 0.2) is 0 Å². The molecule has 0 aliphatic rings. The fourth-order valence-electron chi connectivity index (χ4n) is 1.31. The molecule has 7 N–H and O–H groups in total. The molecular weight excluding hydrogens is 240 g/mol. The van der Waals surface area contributed by atoms with Crippen LogP contribution in [0.1, 0.15) is 10.4 Å². The minimum Gasteiger partial charge on any atom is -0.507 e. The molecule has 0 heterocycles. The van der Waals surface area contributed by atoms with Gasteiger partial charge in [-0.1, -0.05) is 0 Å². The van der Waals surface area contributed by atoms with Gasteiger partial charge in [0.2, 0.25) is 0 Å². The summed E-state index contributed by atoms with van der Waals surface area (Å²) in [5.74, 6) is -1.04. The third-order valence-corrected chi connectivity index (χ3v) is 2.55. The lowest BCUT2D eigenvalue weighted by Gasteiger charge is -2.28. The molecule has 18 heavy (non-hydrogen) atoms. The van der Waals surface area contributed by atoms with Crippen molar-refractivity contribution in [3.8, 4) is 5.75 Å². The molecule has 7 nitrogen and oxygen atoms in total. The van der Waals surface area contributed by atoms with Gasteiger partial charge in [-0.15, -0.1) is 0 Å². The zero-order valence-corrected chi connectivity index (χ0v) is 9.63. The Hall–Kier alpha value is -1.83. The number of aromatic hydroxyl groups is 1. The summed E-state index contributed by atoms with van der Waals surface area (Å²) in [5, 5.41) is 39.0. The molecule has 0 aliphatic carbocycles. The Kier molecular flexibility index (Phi) is 4.49. The molecule has 0 aliphatic heterocycles. The molecule has 0 atom stereocenters. The van der Waals surface area contributed by atoms with E-state index in [1.807, 2.05) is 0 Å². The first kappa shape index (κ1) is 14.2. The van der Waals surface area contributed by atoms with Crippen LogP contribution in [-0.4, -0.2) is 51.7 Å². The van der Waals surface area contributed by atoms with Gasteiger partial charge in [0.1, 0.15) is 11.3 Å². The molecule has 1 rings (SSSR count). The maximum atomic E-state index is 11.9. The number of benzene rings is 1. The quantitative estimate of drug-likeness (QED) is 0.278. The average Bonchev–Trinajstić information content (AvgIpc) is 2.38. The van der Waals surface area contributed by atoms with Crippen molar-refractivity contribution in [1.82, 2.24) is 5.32 Å². The molecular formula is C11H16N2O5. The fourth-order valence-corrected chi connectivity index (χ4v) is 1.31. The van der Waals surface area contributed by atoms with E-state index in [0.717, 1.165) is 0 Å². The van der Waals surface area contributed by atoms with Crippen molar-refractivity contribution in [1.29, 1.82) is 0 Å². The highest BCUT2D eigenvalue weighted by Crippen LogP contribution is 2.20. The van der Waals surface area contributed by atoms with Crippen LogP contribution in [0.15, 0.2) is 18.2 Å². The van der Waals surface area contributed by atoms with Gasteiger partial charge in [-0.2, -0.15) is 0 Å². The lowest BCUT2D eigenvalue weighted by Crippen LogP contribution is -2.57. The minimum absolute atomic E-state index is 0.102. The fraction of sp³-hybridized carbons (Fsp3) is 0.364. The largest absolute Gasteiger partial charge is 0.507 e. The number of hydrogen-bond acceptors (Lipinski definition) is 6. The molecule has 0 bridgehead atoms. The summed E-state index contributed by atoms with van der Waals surface area (Å²) in [5.41, 5.74) is 4.12. The molecule has 100 valence electrons. The van der Waals surface area contributed by atoms with E-state index in [9.17, 15) is 9.90 Å². The average molecular weight is 256 g/mol. The summed E-state index contributed by atoms with van der Waals surface area (Å²) in [7, 11) is 0. The van der Waals surface area contributed by atoms with Gasteiger partial charge in [0.05, 0.1) is 25.4 Å². The number of carbonyl (C=O) groups is 1. The van der Waals surface area contributed by atoms with E-state index in [1.165, 1.54) is 18.2 Å². The van der Waals surface area contributed by atoms with Crippen molar-refractivity contribution in [2.75, 3.05) is 25.6 Å². The van der Waals surface area contributed by atoms with E-state index >= 15 is 0 Å². The highest BCUT2D eigenvalue weighted by molar-refractivity contribution is 5.98. The molecule has 0 fully saturated rings. The SMILES string of the molecule is Nc1ccc(O)c(C(=O)NC(CO)(CO)CO)c1. The number of anilines is 1. The zero-order valence-electron chi connectivity index (χ0n) is 9.63. The van der Waals surface area contributed by atoms with Crippen LogP contribution in [0.4, 0.5) is 5.69 Å². The van der Waals surface area contributed by atoms with Crippen LogP contribution in [0.25, 0.3) is 0 Å². The molecule has 0 radical (unpaired) electrons. The maximum Gasteiger partial charge on any atom is 0.255 e. The number of hydrogen-bond donors (Lipinski definition) is 6. The van der Waals surface area contributed by atoms with Crippen molar-refractivity contribution < 1.29 is 25.2 Å².